The predicted octanol–water partition coefficient (Wildman–Crippen LogP) is 2.37. The summed E-state index contributed by atoms with van der Waals surface area (Å²) in [4.78, 5) is 2.42. The second-order valence-corrected chi connectivity index (χ2v) is 5.01. The van der Waals surface area contributed by atoms with Gasteiger partial charge in [0.05, 0.1) is 19.3 Å². The largest absolute Gasteiger partial charge is 0.493 e. The van der Waals surface area contributed by atoms with Gasteiger partial charge in [-0.3, -0.25) is 4.90 Å². The maximum Gasteiger partial charge on any atom is 0.126 e. The van der Waals surface area contributed by atoms with Gasteiger partial charge < -0.3 is 9.47 Å². The van der Waals surface area contributed by atoms with Crippen molar-refractivity contribution in [1.29, 1.82) is 0 Å². The van der Waals surface area contributed by atoms with E-state index in [1.807, 2.05) is 6.07 Å². The third-order valence-electron chi connectivity index (χ3n) is 3.70. The van der Waals surface area contributed by atoms with Crippen LogP contribution in [0.2, 0.25) is 0 Å². The molecule has 0 aromatic heterocycles. The van der Waals surface area contributed by atoms with Gasteiger partial charge in [0.25, 0.3) is 0 Å². The molecule has 0 aliphatic carbocycles. The van der Waals surface area contributed by atoms with Gasteiger partial charge in [-0.1, -0.05) is 6.07 Å². The molecule has 0 saturated carbocycles. The highest BCUT2D eigenvalue weighted by atomic mass is 19.1. The topological polar surface area (TPSA) is 21.7 Å². The lowest BCUT2D eigenvalue weighted by molar-refractivity contribution is -0.0401. The van der Waals surface area contributed by atoms with E-state index in [0.29, 0.717) is 18.4 Å². The molecule has 4 heteroatoms. The molecule has 1 aromatic carbocycles. The summed E-state index contributed by atoms with van der Waals surface area (Å²) in [6.07, 6.45) is 1.23. The molecule has 1 aromatic rings. The molecule has 3 rings (SSSR count). The third kappa shape index (κ3) is 2.22. The number of halogens is 1. The monoisotopic (exact) mass is 251 g/mol. The minimum Gasteiger partial charge on any atom is -0.493 e. The van der Waals surface area contributed by atoms with Crippen LogP contribution in [0.25, 0.3) is 0 Å². The fraction of sp³-hybridized carbons (Fsp3) is 0.571. The molecule has 2 heterocycles. The molecule has 0 radical (unpaired) electrons. The minimum absolute atomic E-state index is 0.232. The van der Waals surface area contributed by atoms with Crippen molar-refractivity contribution >= 4 is 0 Å². The highest BCUT2D eigenvalue weighted by molar-refractivity contribution is 5.38. The van der Waals surface area contributed by atoms with Crippen LogP contribution in [0.3, 0.4) is 0 Å². The summed E-state index contributed by atoms with van der Waals surface area (Å²) < 4.78 is 24.3. The fourth-order valence-corrected chi connectivity index (χ4v) is 2.85. The summed E-state index contributed by atoms with van der Waals surface area (Å²) >= 11 is 0. The van der Waals surface area contributed by atoms with Crippen LogP contribution in [0.5, 0.6) is 5.75 Å². The van der Waals surface area contributed by atoms with Crippen molar-refractivity contribution in [3.8, 4) is 5.75 Å². The van der Waals surface area contributed by atoms with E-state index in [0.717, 1.165) is 31.7 Å². The first kappa shape index (κ1) is 11.9. The van der Waals surface area contributed by atoms with E-state index in [2.05, 4.69) is 11.8 Å². The Hall–Kier alpha value is -1.13. The molecule has 2 aliphatic heterocycles. The number of morpholine rings is 1. The van der Waals surface area contributed by atoms with E-state index in [9.17, 15) is 4.39 Å². The van der Waals surface area contributed by atoms with Crippen LogP contribution in [-0.2, 0) is 4.74 Å². The second kappa shape index (κ2) is 4.86. The van der Waals surface area contributed by atoms with Crippen molar-refractivity contribution in [2.75, 3.05) is 26.3 Å². The molecule has 98 valence electrons. The summed E-state index contributed by atoms with van der Waals surface area (Å²) in [7, 11) is 0. The van der Waals surface area contributed by atoms with Crippen molar-refractivity contribution in [2.45, 2.75) is 25.5 Å². The quantitative estimate of drug-likeness (QED) is 0.765. The number of nitrogens with zero attached hydrogens (tertiary/aromatic N) is 1. The van der Waals surface area contributed by atoms with Gasteiger partial charge in [0.2, 0.25) is 0 Å². The summed E-state index contributed by atoms with van der Waals surface area (Å²) in [5.41, 5.74) is 1.11. The highest BCUT2D eigenvalue weighted by Crippen LogP contribution is 2.36. The third-order valence-corrected chi connectivity index (χ3v) is 3.70. The van der Waals surface area contributed by atoms with Gasteiger partial charge >= 0.3 is 0 Å². The number of ether oxygens (including phenoxy) is 2. The number of hydrogen-bond acceptors (Lipinski definition) is 3. The fourth-order valence-electron chi connectivity index (χ4n) is 2.85. The van der Waals surface area contributed by atoms with Crippen LogP contribution in [-0.4, -0.2) is 37.3 Å². The van der Waals surface area contributed by atoms with Crippen molar-refractivity contribution in [2.24, 2.45) is 0 Å². The summed E-state index contributed by atoms with van der Waals surface area (Å²) in [5.74, 6) is 0.468. The Morgan fingerprint density at radius 3 is 3.06 bits per heavy atom. The maximum atomic E-state index is 13.2. The molecule has 0 bridgehead atoms. The zero-order chi connectivity index (χ0) is 12.5. The first-order valence-electron chi connectivity index (χ1n) is 6.52. The summed E-state index contributed by atoms with van der Waals surface area (Å²) in [6, 6.07) is 5.20. The Kier molecular flexibility index (Phi) is 3.22. The van der Waals surface area contributed by atoms with Gasteiger partial charge in [-0.15, -0.1) is 0 Å². The molecular weight excluding hydrogens is 233 g/mol. The lowest BCUT2D eigenvalue weighted by atomic mass is 9.98. The molecule has 2 atom stereocenters. The van der Waals surface area contributed by atoms with Crippen molar-refractivity contribution in [1.82, 2.24) is 4.90 Å². The Morgan fingerprint density at radius 2 is 2.22 bits per heavy atom. The maximum absolute atomic E-state index is 13.2. The Morgan fingerprint density at radius 1 is 1.33 bits per heavy atom. The zero-order valence-electron chi connectivity index (χ0n) is 10.6. The number of fused-ring (bicyclic) bond motifs is 1. The smallest absolute Gasteiger partial charge is 0.126 e. The van der Waals surface area contributed by atoms with E-state index in [4.69, 9.17) is 9.47 Å². The van der Waals surface area contributed by atoms with Gasteiger partial charge in [0.15, 0.2) is 0 Å². The lowest BCUT2D eigenvalue weighted by Gasteiger charge is -2.39. The van der Waals surface area contributed by atoms with Crippen LogP contribution in [0.1, 0.15) is 24.9 Å². The van der Waals surface area contributed by atoms with Crippen LogP contribution >= 0.6 is 0 Å². The van der Waals surface area contributed by atoms with Crippen molar-refractivity contribution < 1.29 is 13.9 Å². The second-order valence-electron chi connectivity index (χ2n) is 5.01. The van der Waals surface area contributed by atoms with Gasteiger partial charge in [-0.05, 0) is 13.0 Å². The van der Waals surface area contributed by atoms with E-state index in [1.165, 1.54) is 12.1 Å². The van der Waals surface area contributed by atoms with Crippen molar-refractivity contribution in [3.63, 3.8) is 0 Å². The van der Waals surface area contributed by atoms with E-state index < -0.39 is 0 Å². The Balaban J connectivity index is 1.86. The number of benzene rings is 1. The standard InChI is InChI=1S/C14H18FNO2/c1-10-9-16(5-7-17-10)13-4-6-18-14-8-11(15)2-3-12(13)14/h2-3,8,10,13H,4-7,9H2,1H3/t10-,13?/m1/s1. The van der Waals surface area contributed by atoms with Gasteiger partial charge in [-0.2, -0.15) is 0 Å². The predicted molar refractivity (Wildman–Crippen MR) is 66.2 cm³/mol. The molecule has 1 unspecified atom stereocenters. The summed E-state index contributed by atoms with van der Waals surface area (Å²) in [5, 5.41) is 0. The molecule has 0 spiro atoms. The van der Waals surface area contributed by atoms with E-state index in [-0.39, 0.29) is 11.9 Å². The SMILES string of the molecule is C[C@@H]1CN(C2CCOc3cc(F)ccc32)CCO1. The first-order chi connectivity index (χ1) is 8.74. The minimum atomic E-state index is -0.232. The van der Waals surface area contributed by atoms with Crippen LogP contribution in [0.15, 0.2) is 18.2 Å². The molecule has 1 saturated heterocycles. The van der Waals surface area contributed by atoms with Gasteiger partial charge in [-0.25, -0.2) is 4.39 Å². The van der Waals surface area contributed by atoms with Crippen LogP contribution < -0.4 is 4.74 Å². The molecule has 18 heavy (non-hydrogen) atoms. The highest BCUT2D eigenvalue weighted by Gasteiger charge is 2.30. The molecule has 3 nitrogen and oxygen atoms in total. The zero-order valence-corrected chi connectivity index (χ0v) is 10.6. The van der Waals surface area contributed by atoms with E-state index >= 15 is 0 Å². The molecule has 0 amide bonds. The van der Waals surface area contributed by atoms with Gasteiger partial charge in [0.1, 0.15) is 11.6 Å². The molecular formula is C14H18FNO2. The molecule has 1 fully saturated rings. The van der Waals surface area contributed by atoms with Crippen molar-refractivity contribution in [3.05, 3.63) is 29.6 Å². The number of hydrogen-bond donors (Lipinski definition) is 0. The number of rotatable bonds is 1. The van der Waals surface area contributed by atoms with E-state index in [1.54, 1.807) is 0 Å². The van der Waals surface area contributed by atoms with Gasteiger partial charge in [0, 0.05) is 37.2 Å². The average Bonchev–Trinajstić information content (AvgIpc) is 2.37. The summed E-state index contributed by atoms with van der Waals surface area (Å²) in [6.45, 7) is 5.40. The molecule has 0 N–H and O–H groups in total. The average molecular weight is 251 g/mol. The normalized spacial score (nSPS) is 28.6. The first-order valence-corrected chi connectivity index (χ1v) is 6.52. The van der Waals surface area contributed by atoms with Crippen LogP contribution in [0.4, 0.5) is 4.39 Å². The Bertz CT molecular complexity index is 438. The van der Waals surface area contributed by atoms with Crippen LogP contribution in [0, 0.1) is 5.82 Å². The lowest BCUT2D eigenvalue weighted by Crippen LogP contribution is -2.44. The molecule has 2 aliphatic rings. The Labute approximate surface area is 106 Å².